The highest BCUT2D eigenvalue weighted by atomic mass is 19.2. The van der Waals surface area contributed by atoms with Crippen molar-refractivity contribution < 1.29 is 8.78 Å². The number of nitrogens with zero attached hydrogens (tertiary/aromatic N) is 1. The first-order chi connectivity index (χ1) is 9.19. The van der Waals surface area contributed by atoms with Gasteiger partial charge in [0.15, 0.2) is 11.6 Å². The molecule has 0 spiro atoms. The fourth-order valence-corrected chi connectivity index (χ4v) is 1.95. The van der Waals surface area contributed by atoms with Crippen LogP contribution in [0.2, 0.25) is 0 Å². The molecule has 1 aromatic carbocycles. The van der Waals surface area contributed by atoms with Crippen LogP contribution in [0.3, 0.4) is 0 Å². The summed E-state index contributed by atoms with van der Waals surface area (Å²) in [5.74, 6) is -1.60. The zero-order valence-electron chi connectivity index (χ0n) is 11.0. The summed E-state index contributed by atoms with van der Waals surface area (Å²) in [4.78, 5) is 0. The summed E-state index contributed by atoms with van der Waals surface area (Å²) >= 11 is 0. The minimum absolute atomic E-state index is 0.547. The fraction of sp³-hybridized carbons (Fsp3) is 0.333. The number of rotatable bonds is 6. The minimum Gasteiger partial charge on any atom is -0.350 e. The van der Waals surface area contributed by atoms with Crippen LogP contribution in [-0.4, -0.2) is 11.1 Å². The van der Waals surface area contributed by atoms with Gasteiger partial charge in [0.1, 0.15) is 0 Å². The molecule has 0 saturated carbocycles. The van der Waals surface area contributed by atoms with E-state index in [1.807, 2.05) is 23.0 Å². The second kappa shape index (κ2) is 6.48. The van der Waals surface area contributed by atoms with E-state index in [1.54, 1.807) is 6.07 Å². The van der Waals surface area contributed by atoms with E-state index in [2.05, 4.69) is 12.2 Å². The molecular formula is C15H18F2N2. The molecular weight excluding hydrogens is 246 g/mol. The molecule has 2 nitrogen and oxygen atoms in total. The summed E-state index contributed by atoms with van der Waals surface area (Å²) in [6, 6.07) is 6.04. The smallest absolute Gasteiger partial charge is 0.159 e. The number of nitrogens with one attached hydrogen (secondary N) is 1. The monoisotopic (exact) mass is 264 g/mol. The van der Waals surface area contributed by atoms with E-state index in [4.69, 9.17) is 0 Å². The third-order valence-corrected chi connectivity index (χ3v) is 2.92. The van der Waals surface area contributed by atoms with Gasteiger partial charge in [-0.2, -0.15) is 0 Å². The summed E-state index contributed by atoms with van der Waals surface area (Å²) in [7, 11) is 0. The molecule has 0 aliphatic carbocycles. The topological polar surface area (TPSA) is 17.0 Å². The standard InChI is InChI=1S/C15H18F2N2/c1-2-6-18-9-13-5-7-19(11-13)10-12-3-4-14(16)15(17)8-12/h3-5,7-8,11,18H,2,6,9-10H2,1H3. The predicted octanol–water partition coefficient (Wildman–Crippen LogP) is 3.31. The third-order valence-electron chi connectivity index (χ3n) is 2.92. The first-order valence-corrected chi connectivity index (χ1v) is 6.48. The van der Waals surface area contributed by atoms with E-state index < -0.39 is 11.6 Å². The van der Waals surface area contributed by atoms with E-state index >= 15 is 0 Å². The molecule has 0 atom stereocenters. The lowest BCUT2D eigenvalue weighted by molar-refractivity contribution is 0.506. The Bertz CT molecular complexity index is 535. The molecule has 0 saturated heterocycles. The number of halogens is 2. The Morgan fingerprint density at radius 1 is 1.11 bits per heavy atom. The largest absolute Gasteiger partial charge is 0.350 e. The van der Waals surface area contributed by atoms with Crippen molar-refractivity contribution in [3.63, 3.8) is 0 Å². The molecule has 19 heavy (non-hydrogen) atoms. The highest BCUT2D eigenvalue weighted by Crippen LogP contribution is 2.11. The van der Waals surface area contributed by atoms with Gasteiger partial charge in [-0.3, -0.25) is 0 Å². The second-order valence-corrected chi connectivity index (χ2v) is 4.62. The predicted molar refractivity (Wildman–Crippen MR) is 71.9 cm³/mol. The van der Waals surface area contributed by atoms with Crippen molar-refractivity contribution in [2.75, 3.05) is 6.54 Å². The van der Waals surface area contributed by atoms with E-state index in [1.165, 1.54) is 11.6 Å². The van der Waals surface area contributed by atoms with E-state index in [9.17, 15) is 8.78 Å². The van der Waals surface area contributed by atoms with Gasteiger partial charge in [-0.25, -0.2) is 8.78 Å². The Labute approximate surface area is 112 Å². The first kappa shape index (κ1) is 13.7. The quantitative estimate of drug-likeness (QED) is 0.792. The maximum Gasteiger partial charge on any atom is 0.159 e. The lowest BCUT2D eigenvalue weighted by Gasteiger charge is -2.04. The van der Waals surface area contributed by atoms with Crippen molar-refractivity contribution in [3.8, 4) is 0 Å². The molecule has 0 unspecified atom stereocenters. The Balaban J connectivity index is 1.97. The van der Waals surface area contributed by atoms with Gasteiger partial charge in [-0.05, 0) is 42.3 Å². The van der Waals surface area contributed by atoms with Crippen molar-refractivity contribution in [3.05, 3.63) is 59.4 Å². The van der Waals surface area contributed by atoms with Crippen molar-refractivity contribution in [1.82, 2.24) is 9.88 Å². The highest BCUT2D eigenvalue weighted by molar-refractivity contribution is 5.19. The minimum atomic E-state index is -0.805. The van der Waals surface area contributed by atoms with Gasteiger partial charge < -0.3 is 9.88 Å². The summed E-state index contributed by atoms with van der Waals surface area (Å²) in [5.41, 5.74) is 1.94. The van der Waals surface area contributed by atoms with E-state index in [0.29, 0.717) is 6.54 Å². The second-order valence-electron chi connectivity index (χ2n) is 4.62. The molecule has 102 valence electrons. The normalized spacial score (nSPS) is 10.9. The average molecular weight is 264 g/mol. The summed E-state index contributed by atoms with van der Waals surface area (Å²) < 4.78 is 27.9. The Hall–Kier alpha value is -1.68. The van der Waals surface area contributed by atoms with Crippen LogP contribution in [0.1, 0.15) is 24.5 Å². The molecule has 1 N–H and O–H groups in total. The molecule has 1 heterocycles. The van der Waals surface area contributed by atoms with Gasteiger partial charge >= 0.3 is 0 Å². The molecule has 0 aliphatic rings. The van der Waals surface area contributed by atoms with Crippen LogP contribution in [0.4, 0.5) is 8.78 Å². The van der Waals surface area contributed by atoms with Crippen LogP contribution in [0.5, 0.6) is 0 Å². The van der Waals surface area contributed by atoms with Crippen LogP contribution in [-0.2, 0) is 13.1 Å². The van der Waals surface area contributed by atoms with Crippen molar-refractivity contribution in [2.24, 2.45) is 0 Å². The van der Waals surface area contributed by atoms with Crippen LogP contribution < -0.4 is 5.32 Å². The van der Waals surface area contributed by atoms with Gasteiger partial charge in [-0.15, -0.1) is 0 Å². The van der Waals surface area contributed by atoms with Gasteiger partial charge in [0.25, 0.3) is 0 Å². The van der Waals surface area contributed by atoms with Gasteiger partial charge in [0, 0.05) is 25.5 Å². The zero-order chi connectivity index (χ0) is 13.7. The van der Waals surface area contributed by atoms with Crippen LogP contribution in [0.25, 0.3) is 0 Å². The number of benzene rings is 1. The maximum absolute atomic E-state index is 13.1. The fourth-order valence-electron chi connectivity index (χ4n) is 1.95. The molecule has 2 rings (SSSR count). The lowest BCUT2D eigenvalue weighted by Crippen LogP contribution is -2.13. The summed E-state index contributed by atoms with van der Waals surface area (Å²) in [5, 5.41) is 3.32. The molecule has 1 aromatic heterocycles. The Morgan fingerprint density at radius 3 is 2.68 bits per heavy atom. The van der Waals surface area contributed by atoms with Crippen molar-refractivity contribution in [2.45, 2.75) is 26.4 Å². The van der Waals surface area contributed by atoms with Crippen molar-refractivity contribution >= 4 is 0 Å². The Morgan fingerprint density at radius 2 is 1.95 bits per heavy atom. The van der Waals surface area contributed by atoms with E-state index in [0.717, 1.165) is 31.1 Å². The Kier molecular flexibility index (Phi) is 4.68. The molecule has 0 aliphatic heterocycles. The summed E-state index contributed by atoms with van der Waals surface area (Å²) in [6.07, 6.45) is 5.07. The van der Waals surface area contributed by atoms with Gasteiger partial charge in [-0.1, -0.05) is 13.0 Å². The van der Waals surface area contributed by atoms with Crippen LogP contribution in [0.15, 0.2) is 36.7 Å². The number of hydrogen-bond donors (Lipinski definition) is 1. The zero-order valence-corrected chi connectivity index (χ0v) is 11.0. The van der Waals surface area contributed by atoms with Gasteiger partial charge in [0.05, 0.1) is 0 Å². The molecule has 0 radical (unpaired) electrons. The molecule has 0 bridgehead atoms. The number of hydrogen-bond acceptors (Lipinski definition) is 1. The van der Waals surface area contributed by atoms with E-state index in [-0.39, 0.29) is 0 Å². The highest BCUT2D eigenvalue weighted by Gasteiger charge is 2.03. The lowest BCUT2D eigenvalue weighted by atomic mass is 10.2. The van der Waals surface area contributed by atoms with Crippen LogP contribution >= 0.6 is 0 Å². The van der Waals surface area contributed by atoms with Gasteiger partial charge in [0.2, 0.25) is 0 Å². The average Bonchev–Trinajstić information content (AvgIpc) is 2.82. The van der Waals surface area contributed by atoms with Crippen molar-refractivity contribution in [1.29, 1.82) is 0 Å². The molecule has 0 amide bonds. The third kappa shape index (κ3) is 3.89. The first-order valence-electron chi connectivity index (χ1n) is 6.48. The summed E-state index contributed by atoms with van der Waals surface area (Å²) in [6.45, 7) is 4.50. The molecule has 4 heteroatoms. The molecule has 0 fully saturated rings. The SMILES string of the molecule is CCCNCc1ccn(Cc2ccc(F)c(F)c2)c1. The maximum atomic E-state index is 13.1. The molecule has 2 aromatic rings. The number of aromatic nitrogens is 1. The van der Waals surface area contributed by atoms with Crippen LogP contribution in [0, 0.1) is 11.6 Å².